The predicted octanol–water partition coefficient (Wildman–Crippen LogP) is 4.63. The number of rotatable bonds is 12. The van der Waals surface area contributed by atoms with Crippen LogP contribution in [0.4, 0.5) is 0 Å². The van der Waals surface area contributed by atoms with E-state index < -0.39 is 39.4 Å². The van der Waals surface area contributed by atoms with Gasteiger partial charge in [0.2, 0.25) is 15.9 Å². The zero-order valence-corrected chi connectivity index (χ0v) is 26.7. The Balaban J connectivity index is 1.21. The van der Waals surface area contributed by atoms with E-state index in [4.69, 9.17) is 0 Å². The van der Waals surface area contributed by atoms with E-state index in [1.54, 1.807) is 0 Å². The van der Waals surface area contributed by atoms with Gasteiger partial charge in [-0.05, 0) is 59.9 Å². The highest BCUT2D eigenvalue weighted by Crippen LogP contribution is 2.34. The maximum Gasteiger partial charge on any atom is 0.224 e. The number of fused-ring (bicyclic) bond motifs is 1. The van der Waals surface area contributed by atoms with Crippen molar-refractivity contribution in [3.63, 3.8) is 0 Å². The predicted molar refractivity (Wildman–Crippen MR) is 179 cm³/mol. The Morgan fingerprint density at radius 1 is 0.804 bits per heavy atom. The molecule has 4 aromatic carbocycles. The molecule has 0 aromatic heterocycles. The first kappa shape index (κ1) is 32.1. The third-order valence-corrected chi connectivity index (χ3v) is 11.8. The topological polar surface area (TPSA) is 107 Å². The molecule has 0 saturated carbocycles. The number of benzene rings is 4. The number of β-amino-alcohol motifs (C(OH)–C–C–N with tert-alkyl or cyclic N) is 1. The minimum Gasteiger partial charge on any atom is -0.392 e. The molecular weight excluding hydrogens is 596 g/mol. The van der Waals surface area contributed by atoms with Crippen molar-refractivity contribution < 1.29 is 23.4 Å². The highest BCUT2D eigenvalue weighted by atomic mass is 32.2. The molecule has 1 aliphatic carbocycles. The van der Waals surface area contributed by atoms with Crippen molar-refractivity contribution in [2.24, 2.45) is 5.92 Å². The maximum atomic E-state index is 14.0. The van der Waals surface area contributed by atoms with Crippen molar-refractivity contribution >= 4 is 15.9 Å². The summed E-state index contributed by atoms with van der Waals surface area (Å²) in [5, 5.41) is 24.8. The molecule has 1 fully saturated rings. The molecule has 6 rings (SSSR count). The first-order chi connectivity index (χ1) is 22.3. The lowest BCUT2D eigenvalue weighted by atomic mass is 9.91. The van der Waals surface area contributed by atoms with Crippen molar-refractivity contribution in [1.82, 2.24) is 9.62 Å². The fourth-order valence-electron chi connectivity index (χ4n) is 7.14. The minimum absolute atomic E-state index is 0.0820. The number of nitrogens with zero attached hydrogens (tertiary/aromatic N) is 1. The average molecular weight is 639 g/mol. The Labute approximate surface area is 272 Å². The molecule has 0 bridgehead atoms. The van der Waals surface area contributed by atoms with E-state index in [2.05, 4.69) is 5.32 Å². The summed E-state index contributed by atoms with van der Waals surface area (Å²) in [6, 6.07) is 36.0. The number of sulfonamides is 1. The van der Waals surface area contributed by atoms with Gasteiger partial charge in [-0.3, -0.25) is 4.79 Å². The monoisotopic (exact) mass is 638 g/mol. The average Bonchev–Trinajstić information content (AvgIpc) is 3.49. The van der Waals surface area contributed by atoms with E-state index in [9.17, 15) is 23.4 Å². The van der Waals surface area contributed by atoms with Gasteiger partial charge in [-0.15, -0.1) is 0 Å². The molecule has 1 saturated heterocycles. The minimum atomic E-state index is -3.72. The molecule has 0 radical (unpaired) electrons. The molecule has 3 N–H and O–H groups in total. The van der Waals surface area contributed by atoms with E-state index in [1.165, 1.54) is 4.31 Å². The van der Waals surface area contributed by atoms with Crippen molar-refractivity contribution in [3.8, 4) is 0 Å². The van der Waals surface area contributed by atoms with Crippen LogP contribution in [-0.2, 0) is 40.5 Å². The molecule has 1 heterocycles. The van der Waals surface area contributed by atoms with Crippen LogP contribution in [0.15, 0.2) is 115 Å². The maximum absolute atomic E-state index is 14.0. The van der Waals surface area contributed by atoms with Gasteiger partial charge < -0.3 is 15.5 Å². The second-order valence-electron chi connectivity index (χ2n) is 12.7. The lowest BCUT2D eigenvalue weighted by Crippen LogP contribution is -2.44. The fraction of sp³-hybridized carbons (Fsp3) is 0.342. The van der Waals surface area contributed by atoms with Gasteiger partial charge >= 0.3 is 0 Å². The van der Waals surface area contributed by atoms with E-state index >= 15 is 0 Å². The SMILES string of the molecule is O=C(NC1c2ccccc2C[C@H]1O)[C@@H](Cc1ccccc1)C[C@H](O)CN1[C@@H](Cc2ccccc2)C[C@H](Cc2ccccc2)S1(=O)=O. The molecule has 0 spiro atoms. The number of hydrogen-bond acceptors (Lipinski definition) is 5. The van der Waals surface area contributed by atoms with Crippen LogP contribution in [0, 0.1) is 5.92 Å². The lowest BCUT2D eigenvalue weighted by Gasteiger charge is -2.28. The largest absolute Gasteiger partial charge is 0.392 e. The van der Waals surface area contributed by atoms with Gasteiger partial charge in [-0.2, -0.15) is 4.31 Å². The lowest BCUT2D eigenvalue weighted by molar-refractivity contribution is -0.127. The quantitative estimate of drug-likeness (QED) is 0.210. The van der Waals surface area contributed by atoms with Crippen LogP contribution in [0.25, 0.3) is 0 Å². The van der Waals surface area contributed by atoms with Crippen LogP contribution in [0.3, 0.4) is 0 Å². The Hall–Kier alpha value is -3.82. The number of nitrogens with one attached hydrogen (secondary N) is 1. The van der Waals surface area contributed by atoms with Crippen molar-refractivity contribution in [2.75, 3.05) is 6.54 Å². The molecule has 1 aliphatic heterocycles. The van der Waals surface area contributed by atoms with Gasteiger partial charge in [-0.1, -0.05) is 115 Å². The van der Waals surface area contributed by atoms with Crippen LogP contribution in [0.5, 0.6) is 0 Å². The Bertz CT molecular complexity index is 1700. The van der Waals surface area contributed by atoms with Crippen LogP contribution in [0.2, 0.25) is 0 Å². The Morgan fingerprint density at radius 3 is 2.02 bits per heavy atom. The van der Waals surface area contributed by atoms with E-state index in [0.717, 1.165) is 27.8 Å². The second-order valence-corrected chi connectivity index (χ2v) is 14.9. The molecule has 1 unspecified atom stereocenters. The van der Waals surface area contributed by atoms with Gasteiger partial charge in [0.15, 0.2) is 0 Å². The van der Waals surface area contributed by atoms with E-state index in [-0.39, 0.29) is 24.9 Å². The molecule has 240 valence electrons. The number of hydrogen-bond donors (Lipinski definition) is 3. The summed E-state index contributed by atoms with van der Waals surface area (Å²) in [5.41, 5.74) is 4.86. The molecule has 6 atom stereocenters. The zero-order chi connectivity index (χ0) is 32.1. The smallest absolute Gasteiger partial charge is 0.224 e. The summed E-state index contributed by atoms with van der Waals surface area (Å²) in [5.74, 6) is -0.897. The molecule has 7 nitrogen and oxygen atoms in total. The van der Waals surface area contributed by atoms with Crippen LogP contribution >= 0.6 is 0 Å². The first-order valence-corrected chi connectivity index (χ1v) is 17.6. The van der Waals surface area contributed by atoms with Crippen LogP contribution < -0.4 is 5.32 Å². The summed E-state index contributed by atoms with van der Waals surface area (Å²) < 4.78 is 29.6. The Kier molecular flexibility index (Phi) is 9.99. The molecule has 46 heavy (non-hydrogen) atoms. The number of aliphatic hydroxyl groups excluding tert-OH is 2. The molecule has 4 aromatic rings. The van der Waals surface area contributed by atoms with Gasteiger partial charge in [-0.25, -0.2) is 8.42 Å². The van der Waals surface area contributed by atoms with Crippen molar-refractivity contribution in [1.29, 1.82) is 0 Å². The summed E-state index contributed by atoms with van der Waals surface area (Å²) in [6.45, 7) is -0.0847. The normalized spacial score (nSPS) is 23.4. The van der Waals surface area contributed by atoms with Gasteiger partial charge in [0.25, 0.3) is 0 Å². The highest BCUT2D eigenvalue weighted by molar-refractivity contribution is 7.90. The van der Waals surface area contributed by atoms with Crippen LogP contribution in [0.1, 0.15) is 46.7 Å². The Morgan fingerprint density at radius 2 is 1.37 bits per heavy atom. The number of amides is 1. The summed E-state index contributed by atoms with van der Waals surface area (Å²) in [4.78, 5) is 13.9. The van der Waals surface area contributed by atoms with Crippen molar-refractivity contribution in [3.05, 3.63) is 143 Å². The van der Waals surface area contributed by atoms with Gasteiger partial charge in [0.05, 0.1) is 23.5 Å². The zero-order valence-electron chi connectivity index (χ0n) is 25.9. The number of carbonyl (C=O) groups excluding carboxylic acids is 1. The molecule has 2 aliphatic rings. The molecule has 8 heteroatoms. The summed E-state index contributed by atoms with van der Waals surface area (Å²) >= 11 is 0. The van der Waals surface area contributed by atoms with Gasteiger partial charge in [0.1, 0.15) is 0 Å². The fourth-order valence-corrected chi connectivity index (χ4v) is 9.35. The van der Waals surface area contributed by atoms with Gasteiger partial charge in [0, 0.05) is 24.9 Å². The van der Waals surface area contributed by atoms with Crippen LogP contribution in [-0.4, -0.2) is 58.9 Å². The van der Waals surface area contributed by atoms with E-state index in [1.807, 2.05) is 115 Å². The van der Waals surface area contributed by atoms with E-state index in [0.29, 0.717) is 32.1 Å². The third kappa shape index (κ3) is 7.42. The first-order valence-electron chi connectivity index (χ1n) is 16.1. The number of carbonyl (C=O) groups is 1. The summed E-state index contributed by atoms with van der Waals surface area (Å²) in [6.07, 6.45) is 0.542. The molecular formula is C38H42N2O5S. The standard InChI is InChI=1S/C38H42N2O5S/c41-33(23-31(20-27-12-4-1-5-13-27)38(43)39-37-35-19-11-10-18-30(35)24-36(37)42)26-40-32(21-28-14-6-2-7-15-28)25-34(46(40,44)45)22-29-16-8-3-9-17-29/h1-19,31-34,36-37,41-42H,20-26H2,(H,39,43)/t31-,32-,33-,34-,36+,37?/m0/s1. The molecule has 1 amide bonds. The summed E-state index contributed by atoms with van der Waals surface area (Å²) in [7, 11) is -3.72. The highest BCUT2D eigenvalue weighted by Gasteiger charge is 2.46. The third-order valence-electron chi connectivity index (χ3n) is 9.46. The number of aliphatic hydroxyl groups is 2. The second kappa shape index (κ2) is 14.3. The van der Waals surface area contributed by atoms with Crippen molar-refractivity contribution in [2.45, 2.75) is 68.1 Å².